The Bertz CT molecular complexity index is 2250. The highest BCUT2D eigenvalue weighted by Crippen LogP contribution is 2.40. The SMILES string of the molecule is COc1cc(C(=O)N[C@@H]2CCN(CCCOc3cccc4c3C(=O)N(C3CCC(=O)NC3=O)C4=O)C2)ccc1Nc1ncc2c(n1)N(C1CCCC1)CC(F)(F)C(=O)N2C. The second-order valence-corrected chi connectivity index (χ2v) is 15.7. The molecule has 1 aromatic heterocycles. The number of carbonyl (C=O) groups excluding carboxylic acids is 6. The van der Waals surface area contributed by atoms with Crippen molar-refractivity contribution in [1.82, 2.24) is 30.4 Å². The first-order valence-electron chi connectivity index (χ1n) is 20.1. The van der Waals surface area contributed by atoms with Gasteiger partial charge in [0.25, 0.3) is 23.6 Å². The van der Waals surface area contributed by atoms with Crippen LogP contribution in [0.25, 0.3) is 0 Å². The average molecular weight is 830 g/mol. The van der Waals surface area contributed by atoms with Crippen molar-refractivity contribution in [2.24, 2.45) is 0 Å². The first-order valence-corrected chi connectivity index (χ1v) is 20.1. The topological polar surface area (TPSA) is 196 Å². The van der Waals surface area contributed by atoms with Gasteiger partial charge in [0.1, 0.15) is 23.2 Å². The summed E-state index contributed by atoms with van der Waals surface area (Å²) in [5.74, 6) is -6.60. The van der Waals surface area contributed by atoms with E-state index in [0.717, 1.165) is 35.6 Å². The molecule has 2 saturated heterocycles. The van der Waals surface area contributed by atoms with Crippen molar-refractivity contribution in [3.63, 3.8) is 0 Å². The van der Waals surface area contributed by atoms with E-state index >= 15 is 8.78 Å². The van der Waals surface area contributed by atoms with Gasteiger partial charge in [0.2, 0.25) is 17.8 Å². The van der Waals surface area contributed by atoms with Gasteiger partial charge < -0.3 is 34.8 Å². The van der Waals surface area contributed by atoms with Crippen molar-refractivity contribution < 1.29 is 47.0 Å². The normalized spacial score (nSPS) is 21.8. The van der Waals surface area contributed by atoms with E-state index in [-0.39, 0.29) is 71.8 Å². The molecule has 19 heteroatoms. The molecular weight excluding hydrogens is 785 g/mol. The van der Waals surface area contributed by atoms with Crippen molar-refractivity contribution in [2.75, 3.05) is 62.1 Å². The number of nitrogens with zero attached hydrogens (tertiary/aromatic N) is 6. The van der Waals surface area contributed by atoms with E-state index in [1.165, 1.54) is 31.3 Å². The summed E-state index contributed by atoms with van der Waals surface area (Å²) in [5, 5.41) is 8.38. The summed E-state index contributed by atoms with van der Waals surface area (Å²) in [7, 11) is 2.76. The molecule has 0 radical (unpaired) electrons. The summed E-state index contributed by atoms with van der Waals surface area (Å²) < 4.78 is 41.6. The first-order chi connectivity index (χ1) is 28.8. The average Bonchev–Trinajstić information content (AvgIpc) is 3.98. The lowest BCUT2D eigenvalue weighted by molar-refractivity contribution is -0.140. The summed E-state index contributed by atoms with van der Waals surface area (Å²) in [6.07, 6.45) is 6.01. The molecule has 3 N–H and O–H groups in total. The lowest BCUT2D eigenvalue weighted by atomic mass is 10.0. The highest BCUT2D eigenvalue weighted by atomic mass is 19.3. The Labute approximate surface area is 343 Å². The van der Waals surface area contributed by atoms with E-state index in [0.29, 0.717) is 49.4 Å². The van der Waals surface area contributed by atoms with Crippen molar-refractivity contribution in [3.05, 3.63) is 59.3 Å². The second-order valence-electron chi connectivity index (χ2n) is 15.7. The number of piperidine rings is 1. The lowest BCUT2D eigenvalue weighted by Gasteiger charge is -2.31. The van der Waals surface area contributed by atoms with Crippen LogP contribution in [-0.4, -0.2) is 126 Å². The predicted octanol–water partition coefficient (Wildman–Crippen LogP) is 3.26. The van der Waals surface area contributed by atoms with Crippen LogP contribution >= 0.6 is 0 Å². The van der Waals surface area contributed by atoms with E-state index in [1.807, 2.05) is 0 Å². The Morgan fingerprint density at radius 2 is 1.82 bits per heavy atom. The van der Waals surface area contributed by atoms with Crippen LogP contribution in [-0.2, 0) is 14.4 Å². The number of fused-ring (bicyclic) bond motifs is 2. The molecule has 2 aromatic carbocycles. The third-order valence-electron chi connectivity index (χ3n) is 11.8. The fourth-order valence-electron chi connectivity index (χ4n) is 8.66. The molecule has 8 rings (SSSR count). The van der Waals surface area contributed by atoms with Gasteiger partial charge in [0, 0.05) is 50.7 Å². The van der Waals surface area contributed by atoms with Gasteiger partial charge in [-0.25, -0.2) is 4.98 Å². The van der Waals surface area contributed by atoms with Crippen LogP contribution in [0.15, 0.2) is 42.6 Å². The standard InChI is InChI=1S/C41H45F2N9O8/c1-49-29-20-44-40(48-34(29)51(25-7-3-4-8-25)22-41(42,43)39(49)58)46-27-12-11-23(19-31(27)59-2)35(54)45-24-15-17-50(21-24)16-6-18-60-30-10-5-9-26-33(30)38(57)52(37(26)56)28-13-14-32(53)47-36(28)55/h5,9-12,19-20,24-25,28H,3-4,6-8,13-18,21-22H2,1-2H3,(H,45,54)(H,44,46,48)(H,47,53,55)/t24-,28?/m1/s1. The molecule has 316 valence electrons. The van der Waals surface area contributed by atoms with Crippen molar-refractivity contribution in [1.29, 1.82) is 0 Å². The van der Waals surface area contributed by atoms with Gasteiger partial charge in [-0.15, -0.1) is 0 Å². The quantitative estimate of drug-likeness (QED) is 0.178. The number of hydrogen-bond donors (Lipinski definition) is 3. The van der Waals surface area contributed by atoms with Crippen LogP contribution in [0, 0.1) is 0 Å². The maximum atomic E-state index is 15.0. The minimum absolute atomic E-state index is 0.0304. The van der Waals surface area contributed by atoms with E-state index in [2.05, 4.69) is 30.8 Å². The number of benzene rings is 2. The molecule has 5 heterocycles. The summed E-state index contributed by atoms with van der Waals surface area (Å²) >= 11 is 0. The van der Waals surface area contributed by atoms with Gasteiger partial charge in [-0.2, -0.15) is 13.8 Å². The third-order valence-corrected chi connectivity index (χ3v) is 11.8. The van der Waals surface area contributed by atoms with Gasteiger partial charge in [-0.1, -0.05) is 18.9 Å². The number of carbonyl (C=O) groups is 6. The number of hydrogen-bond acceptors (Lipinski definition) is 13. The van der Waals surface area contributed by atoms with E-state index in [1.54, 1.807) is 30.3 Å². The lowest BCUT2D eigenvalue weighted by Crippen LogP contribution is -2.54. The molecule has 3 aromatic rings. The number of alkyl halides is 2. The molecule has 60 heavy (non-hydrogen) atoms. The van der Waals surface area contributed by atoms with Crippen LogP contribution in [0.2, 0.25) is 0 Å². The molecule has 17 nitrogen and oxygen atoms in total. The number of nitrogens with one attached hydrogen (secondary N) is 3. The Morgan fingerprint density at radius 3 is 2.58 bits per heavy atom. The van der Waals surface area contributed by atoms with Gasteiger partial charge >= 0.3 is 5.92 Å². The summed E-state index contributed by atoms with van der Waals surface area (Å²) in [5.41, 5.74) is 1.26. The molecule has 1 aliphatic carbocycles. The molecular formula is C41H45F2N9O8. The maximum absolute atomic E-state index is 15.0. The zero-order valence-corrected chi connectivity index (χ0v) is 33.2. The van der Waals surface area contributed by atoms with Crippen LogP contribution in [0.3, 0.4) is 0 Å². The number of imide groups is 2. The van der Waals surface area contributed by atoms with E-state index in [9.17, 15) is 28.8 Å². The fraction of sp³-hybridized carbons (Fsp3) is 0.463. The zero-order valence-electron chi connectivity index (χ0n) is 33.2. The van der Waals surface area contributed by atoms with Crippen LogP contribution < -0.4 is 35.2 Å². The Kier molecular flexibility index (Phi) is 11.1. The number of anilines is 4. The van der Waals surface area contributed by atoms with Crippen LogP contribution in [0.1, 0.15) is 82.4 Å². The third kappa shape index (κ3) is 7.80. The molecule has 3 fully saturated rings. The van der Waals surface area contributed by atoms with E-state index < -0.39 is 48.0 Å². The first kappa shape index (κ1) is 40.5. The van der Waals surface area contributed by atoms with Gasteiger partial charge in [-0.3, -0.25) is 39.0 Å². The number of halogens is 2. The largest absolute Gasteiger partial charge is 0.495 e. The predicted molar refractivity (Wildman–Crippen MR) is 212 cm³/mol. The number of amides is 6. The summed E-state index contributed by atoms with van der Waals surface area (Å²) in [6.45, 7) is 1.49. The molecule has 4 aliphatic heterocycles. The maximum Gasteiger partial charge on any atom is 0.342 e. The number of rotatable bonds is 12. The zero-order chi connectivity index (χ0) is 42.3. The van der Waals surface area contributed by atoms with Crippen molar-refractivity contribution >= 4 is 58.6 Å². The van der Waals surface area contributed by atoms with Gasteiger partial charge in [-0.05, 0) is 62.4 Å². The Morgan fingerprint density at radius 1 is 1.02 bits per heavy atom. The summed E-state index contributed by atoms with van der Waals surface area (Å²) in [6, 6.07) is 8.25. The minimum Gasteiger partial charge on any atom is -0.495 e. The van der Waals surface area contributed by atoms with Crippen LogP contribution in [0.4, 0.5) is 31.9 Å². The number of methoxy groups -OCH3 is 1. The molecule has 1 unspecified atom stereocenters. The highest BCUT2D eigenvalue weighted by molar-refractivity contribution is 6.24. The molecule has 0 spiro atoms. The monoisotopic (exact) mass is 829 g/mol. The fourth-order valence-corrected chi connectivity index (χ4v) is 8.66. The molecule has 1 saturated carbocycles. The Balaban J connectivity index is 0.847. The number of likely N-dealkylation sites (tertiary alicyclic amines) is 1. The number of ether oxygens (including phenoxy) is 2. The van der Waals surface area contributed by atoms with Crippen molar-refractivity contribution in [3.8, 4) is 11.5 Å². The van der Waals surface area contributed by atoms with Gasteiger partial charge in [0.05, 0.1) is 43.3 Å². The highest BCUT2D eigenvalue weighted by Gasteiger charge is 2.49. The second kappa shape index (κ2) is 16.4. The molecule has 2 atom stereocenters. The van der Waals surface area contributed by atoms with Crippen LogP contribution in [0.5, 0.6) is 11.5 Å². The molecule has 0 bridgehead atoms. The number of aromatic nitrogens is 2. The van der Waals surface area contributed by atoms with E-state index in [4.69, 9.17) is 9.47 Å². The Hall–Kier alpha value is -6.24. The summed E-state index contributed by atoms with van der Waals surface area (Å²) in [4.78, 5) is 91.1. The smallest absolute Gasteiger partial charge is 0.342 e. The minimum atomic E-state index is -3.60. The van der Waals surface area contributed by atoms with Crippen molar-refractivity contribution in [2.45, 2.75) is 75.4 Å². The van der Waals surface area contributed by atoms with Gasteiger partial charge in [0.15, 0.2) is 5.82 Å². The molecule has 6 amide bonds. The molecule has 5 aliphatic rings.